The summed E-state index contributed by atoms with van der Waals surface area (Å²) < 4.78 is 2.14. The van der Waals surface area contributed by atoms with Gasteiger partial charge in [0.1, 0.15) is 6.20 Å². The van der Waals surface area contributed by atoms with Gasteiger partial charge in [0.2, 0.25) is 0 Å². The van der Waals surface area contributed by atoms with E-state index < -0.39 is 0 Å². The van der Waals surface area contributed by atoms with Crippen LogP contribution in [0.3, 0.4) is 0 Å². The van der Waals surface area contributed by atoms with Gasteiger partial charge in [0.15, 0.2) is 0 Å². The van der Waals surface area contributed by atoms with Gasteiger partial charge >= 0.3 is 0 Å². The van der Waals surface area contributed by atoms with Crippen LogP contribution in [0.2, 0.25) is 0 Å². The normalized spacial score (nSPS) is 19.4. The van der Waals surface area contributed by atoms with Gasteiger partial charge in [-0.05, 0) is 12.3 Å². The second-order valence-electron chi connectivity index (χ2n) is 4.39. The molecule has 0 bridgehead atoms. The van der Waals surface area contributed by atoms with Crippen molar-refractivity contribution in [1.82, 2.24) is 9.55 Å². The van der Waals surface area contributed by atoms with Crippen LogP contribution in [0.25, 0.3) is 0 Å². The van der Waals surface area contributed by atoms with Crippen LogP contribution in [0.5, 0.6) is 0 Å². The molecule has 0 saturated heterocycles. The molecule has 0 atom stereocenters. The zero-order chi connectivity index (χ0) is 9.64. The molecule has 1 aromatic heterocycles. The van der Waals surface area contributed by atoms with E-state index >= 15 is 0 Å². The molecule has 2 heteroatoms. The summed E-state index contributed by atoms with van der Waals surface area (Å²) in [4.78, 5) is 3.94. The highest BCUT2D eigenvalue weighted by molar-refractivity contribution is 4.73. The number of hydrogen-bond acceptors (Lipinski definition) is 1. The SMILES string of the molecule is [c]1cn(CCC2CCCCCC2)cn1. The minimum absolute atomic E-state index is 0.958. The van der Waals surface area contributed by atoms with E-state index in [9.17, 15) is 0 Å². The fraction of sp³-hybridized carbons (Fsp3) is 0.750. The number of aromatic nitrogens is 2. The first-order chi connectivity index (χ1) is 6.95. The molecular weight excluding hydrogens is 172 g/mol. The summed E-state index contributed by atoms with van der Waals surface area (Å²) in [7, 11) is 0. The average Bonchev–Trinajstić information content (AvgIpc) is 2.58. The molecular formula is C12H19N2. The molecule has 77 valence electrons. The zero-order valence-corrected chi connectivity index (χ0v) is 8.78. The van der Waals surface area contributed by atoms with Crippen molar-refractivity contribution >= 4 is 0 Å². The van der Waals surface area contributed by atoms with Crippen LogP contribution < -0.4 is 0 Å². The summed E-state index contributed by atoms with van der Waals surface area (Å²) in [5.74, 6) is 0.958. The summed E-state index contributed by atoms with van der Waals surface area (Å²) in [6.07, 6.45) is 16.7. The Morgan fingerprint density at radius 2 is 2.00 bits per heavy atom. The van der Waals surface area contributed by atoms with Crippen LogP contribution in [-0.2, 0) is 6.54 Å². The molecule has 2 nitrogen and oxygen atoms in total. The van der Waals surface area contributed by atoms with E-state index in [0.717, 1.165) is 12.5 Å². The maximum Gasteiger partial charge on any atom is 0.108 e. The lowest BCUT2D eigenvalue weighted by molar-refractivity contribution is 0.399. The Balaban J connectivity index is 1.73. The number of aryl methyl sites for hydroxylation is 1. The van der Waals surface area contributed by atoms with Crippen molar-refractivity contribution in [3.8, 4) is 0 Å². The van der Waals surface area contributed by atoms with E-state index in [0.29, 0.717) is 0 Å². The van der Waals surface area contributed by atoms with Crippen LogP contribution in [-0.4, -0.2) is 9.55 Å². The highest BCUT2D eigenvalue weighted by Gasteiger charge is 2.11. The Morgan fingerprint density at radius 1 is 1.21 bits per heavy atom. The monoisotopic (exact) mass is 191 g/mol. The molecule has 0 spiro atoms. The first kappa shape index (κ1) is 9.75. The summed E-state index contributed by atoms with van der Waals surface area (Å²) in [6.45, 7) is 1.13. The van der Waals surface area contributed by atoms with Crippen molar-refractivity contribution in [1.29, 1.82) is 0 Å². The predicted molar refractivity (Wildman–Crippen MR) is 56.9 cm³/mol. The van der Waals surface area contributed by atoms with Crippen molar-refractivity contribution < 1.29 is 0 Å². The smallest absolute Gasteiger partial charge is 0.108 e. The van der Waals surface area contributed by atoms with Gasteiger partial charge in [-0.1, -0.05) is 38.5 Å². The largest absolute Gasteiger partial charge is 0.337 e. The highest BCUT2D eigenvalue weighted by atomic mass is 15.0. The molecule has 0 amide bonds. The highest BCUT2D eigenvalue weighted by Crippen LogP contribution is 2.25. The van der Waals surface area contributed by atoms with Gasteiger partial charge in [-0.25, -0.2) is 4.98 Å². The molecule has 1 aliphatic rings. The molecule has 0 aromatic carbocycles. The standard InChI is InChI=1S/C12H19N2/c1-2-4-6-12(5-3-1)7-9-14-10-8-13-11-14/h10-12H,1-7,9H2. The first-order valence-electron chi connectivity index (χ1n) is 5.83. The van der Waals surface area contributed by atoms with Crippen LogP contribution in [0, 0.1) is 12.1 Å². The summed E-state index contributed by atoms with van der Waals surface area (Å²) in [6, 6.07) is 0. The number of imidazole rings is 1. The van der Waals surface area contributed by atoms with Gasteiger partial charge in [0.25, 0.3) is 0 Å². The Labute approximate surface area is 86.3 Å². The van der Waals surface area contributed by atoms with Crippen molar-refractivity contribution in [2.45, 2.75) is 51.5 Å². The molecule has 1 aliphatic carbocycles. The molecule has 1 aromatic rings. The Morgan fingerprint density at radius 3 is 2.64 bits per heavy atom. The first-order valence-corrected chi connectivity index (χ1v) is 5.83. The van der Waals surface area contributed by atoms with Gasteiger partial charge in [-0.2, -0.15) is 0 Å². The fourth-order valence-corrected chi connectivity index (χ4v) is 2.35. The lowest BCUT2D eigenvalue weighted by Gasteiger charge is -2.13. The second-order valence-corrected chi connectivity index (χ2v) is 4.39. The van der Waals surface area contributed by atoms with E-state index in [1.807, 2.05) is 12.5 Å². The van der Waals surface area contributed by atoms with Gasteiger partial charge in [-0.3, -0.25) is 0 Å². The van der Waals surface area contributed by atoms with Crippen molar-refractivity contribution in [3.63, 3.8) is 0 Å². The van der Waals surface area contributed by atoms with Crippen LogP contribution in [0.4, 0.5) is 0 Å². The minimum Gasteiger partial charge on any atom is -0.337 e. The third-order valence-electron chi connectivity index (χ3n) is 3.27. The van der Waals surface area contributed by atoms with Crippen molar-refractivity contribution in [2.75, 3.05) is 0 Å². The van der Waals surface area contributed by atoms with Crippen molar-refractivity contribution in [3.05, 3.63) is 18.7 Å². The predicted octanol–water partition coefficient (Wildman–Crippen LogP) is 3.04. The lowest BCUT2D eigenvalue weighted by atomic mass is 9.97. The number of nitrogens with zero attached hydrogens (tertiary/aromatic N) is 2. The molecule has 1 fully saturated rings. The average molecular weight is 191 g/mol. The van der Waals surface area contributed by atoms with E-state index in [2.05, 4.69) is 15.7 Å². The van der Waals surface area contributed by atoms with E-state index in [4.69, 9.17) is 0 Å². The topological polar surface area (TPSA) is 17.8 Å². The van der Waals surface area contributed by atoms with Gasteiger partial charge in [-0.15, -0.1) is 0 Å². The Kier molecular flexibility index (Phi) is 3.61. The lowest BCUT2D eigenvalue weighted by Crippen LogP contribution is -2.04. The van der Waals surface area contributed by atoms with Gasteiger partial charge < -0.3 is 4.57 Å². The molecule has 2 rings (SSSR count). The second kappa shape index (κ2) is 5.18. The van der Waals surface area contributed by atoms with Crippen molar-refractivity contribution in [2.24, 2.45) is 5.92 Å². The van der Waals surface area contributed by atoms with Crippen LogP contribution in [0.15, 0.2) is 12.5 Å². The molecule has 1 radical (unpaired) electrons. The van der Waals surface area contributed by atoms with Gasteiger partial charge in [0.05, 0.1) is 6.33 Å². The zero-order valence-electron chi connectivity index (χ0n) is 8.78. The minimum atomic E-state index is 0.958. The van der Waals surface area contributed by atoms with Crippen LogP contribution in [0.1, 0.15) is 44.9 Å². The molecule has 1 saturated carbocycles. The fourth-order valence-electron chi connectivity index (χ4n) is 2.35. The Bertz CT molecular complexity index is 233. The maximum atomic E-state index is 3.94. The molecule has 0 N–H and O–H groups in total. The molecule has 0 unspecified atom stereocenters. The summed E-state index contributed by atoms with van der Waals surface area (Å²) >= 11 is 0. The molecule has 1 heterocycles. The number of rotatable bonds is 3. The van der Waals surface area contributed by atoms with E-state index in [-0.39, 0.29) is 0 Å². The maximum absolute atomic E-state index is 3.94. The van der Waals surface area contributed by atoms with Gasteiger partial charge in [0, 0.05) is 12.7 Å². The van der Waals surface area contributed by atoms with E-state index in [1.54, 1.807) is 0 Å². The third-order valence-corrected chi connectivity index (χ3v) is 3.27. The number of hydrogen-bond donors (Lipinski definition) is 0. The summed E-state index contributed by atoms with van der Waals surface area (Å²) in [5, 5.41) is 0. The summed E-state index contributed by atoms with van der Waals surface area (Å²) in [5.41, 5.74) is 0. The van der Waals surface area contributed by atoms with E-state index in [1.165, 1.54) is 44.9 Å². The molecule has 0 aliphatic heterocycles. The van der Waals surface area contributed by atoms with Crippen LogP contribution >= 0.6 is 0 Å². The third kappa shape index (κ3) is 2.86. The Hall–Kier alpha value is -0.790. The molecule has 14 heavy (non-hydrogen) atoms. The quantitative estimate of drug-likeness (QED) is 0.671.